The van der Waals surface area contributed by atoms with E-state index in [-0.39, 0.29) is 37.1 Å². The van der Waals surface area contributed by atoms with Gasteiger partial charge in [0, 0.05) is 39.0 Å². The van der Waals surface area contributed by atoms with Crippen LogP contribution >= 0.6 is 11.3 Å². The highest BCUT2D eigenvalue weighted by Gasteiger charge is 2.33. The molecule has 2 aliphatic rings. The Kier molecular flexibility index (Phi) is 6.49. The second-order valence-electron chi connectivity index (χ2n) is 7.63. The average molecular weight is 447 g/mol. The number of methoxy groups -OCH3 is 1. The van der Waals surface area contributed by atoms with Crippen LogP contribution in [-0.2, 0) is 19.1 Å². The van der Waals surface area contributed by atoms with Crippen molar-refractivity contribution in [3.05, 3.63) is 17.7 Å². The maximum atomic E-state index is 13.3. The molecule has 0 bridgehead atoms. The van der Waals surface area contributed by atoms with Crippen LogP contribution in [0.15, 0.2) is 12.1 Å². The molecule has 10 heteroatoms. The molecular weight excluding hydrogens is 420 g/mol. The van der Waals surface area contributed by atoms with Crippen molar-refractivity contribution in [1.82, 2.24) is 14.8 Å². The van der Waals surface area contributed by atoms with E-state index in [4.69, 9.17) is 14.5 Å². The van der Waals surface area contributed by atoms with Crippen LogP contribution in [0.1, 0.15) is 18.4 Å². The van der Waals surface area contributed by atoms with Gasteiger partial charge in [-0.1, -0.05) is 17.4 Å². The fourth-order valence-electron chi connectivity index (χ4n) is 3.79. The summed E-state index contributed by atoms with van der Waals surface area (Å²) in [7, 11) is 1.59. The molecular formula is C21H26N4O5S. The summed E-state index contributed by atoms with van der Waals surface area (Å²) in [4.78, 5) is 46.9. The van der Waals surface area contributed by atoms with E-state index in [1.54, 1.807) is 12.0 Å². The highest BCUT2D eigenvalue weighted by Crippen LogP contribution is 2.36. The largest absolute Gasteiger partial charge is 0.494 e. The van der Waals surface area contributed by atoms with E-state index in [1.807, 2.05) is 19.1 Å². The molecule has 31 heavy (non-hydrogen) atoms. The van der Waals surface area contributed by atoms with Gasteiger partial charge >= 0.3 is 0 Å². The number of likely N-dealkylation sites (tertiary alicyclic amines) is 1. The first-order chi connectivity index (χ1) is 15.0. The summed E-state index contributed by atoms with van der Waals surface area (Å²) in [5.41, 5.74) is 1.75. The standard InChI is InChI=1S/C21H26N4O5S/c1-14-3-4-15(29-2)19-20(14)31-21(22-19)24(8-7-23-9-11-30-12-10-23)18(28)13-25-16(26)5-6-17(25)27/h3-4H,5-13H2,1-2H3. The molecule has 0 spiro atoms. The van der Waals surface area contributed by atoms with Crippen molar-refractivity contribution >= 4 is 44.4 Å². The summed E-state index contributed by atoms with van der Waals surface area (Å²) in [6.07, 6.45) is 0.328. The van der Waals surface area contributed by atoms with E-state index in [0.717, 1.165) is 28.3 Å². The van der Waals surface area contributed by atoms with Gasteiger partial charge in [0.1, 0.15) is 17.8 Å². The van der Waals surface area contributed by atoms with E-state index in [9.17, 15) is 14.4 Å². The monoisotopic (exact) mass is 446 g/mol. The third-order valence-corrected chi connectivity index (χ3v) is 6.85. The molecule has 9 nitrogen and oxygen atoms in total. The lowest BCUT2D eigenvalue weighted by molar-refractivity contribution is -0.141. The predicted octanol–water partition coefficient (Wildman–Crippen LogP) is 1.43. The maximum Gasteiger partial charge on any atom is 0.248 e. The third kappa shape index (κ3) is 4.56. The lowest BCUT2D eigenvalue weighted by Crippen LogP contribution is -2.47. The molecule has 0 unspecified atom stereocenters. The van der Waals surface area contributed by atoms with Gasteiger partial charge in [-0.05, 0) is 18.6 Å². The number of anilines is 1. The second-order valence-corrected chi connectivity index (χ2v) is 8.61. The molecule has 0 saturated carbocycles. The van der Waals surface area contributed by atoms with Gasteiger partial charge in [-0.3, -0.25) is 29.1 Å². The topological polar surface area (TPSA) is 92.3 Å². The smallest absolute Gasteiger partial charge is 0.248 e. The minimum absolute atomic E-state index is 0.164. The SMILES string of the molecule is COc1ccc(C)c2sc(N(CCN3CCOCC3)C(=O)CN3C(=O)CCC3=O)nc12. The van der Waals surface area contributed by atoms with Gasteiger partial charge in [0.05, 0.1) is 25.0 Å². The zero-order valence-corrected chi connectivity index (χ0v) is 18.6. The Bertz CT molecular complexity index is 985. The summed E-state index contributed by atoms with van der Waals surface area (Å²) < 4.78 is 11.8. The molecule has 4 rings (SSSR count). The summed E-state index contributed by atoms with van der Waals surface area (Å²) >= 11 is 1.42. The maximum absolute atomic E-state index is 13.3. The Labute approximate surface area is 184 Å². The third-order valence-electron chi connectivity index (χ3n) is 5.64. The molecule has 2 fully saturated rings. The number of hydrogen-bond acceptors (Lipinski definition) is 8. The number of rotatable bonds is 7. The van der Waals surface area contributed by atoms with Crippen molar-refractivity contribution in [3.63, 3.8) is 0 Å². The van der Waals surface area contributed by atoms with E-state index >= 15 is 0 Å². The summed E-state index contributed by atoms with van der Waals surface area (Å²) in [6.45, 7) is 5.75. The quantitative estimate of drug-likeness (QED) is 0.594. The number of amides is 3. The normalized spacial score (nSPS) is 17.5. The molecule has 0 radical (unpaired) electrons. The molecule has 3 amide bonds. The number of carbonyl (C=O) groups excluding carboxylic acids is 3. The van der Waals surface area contributed by atoms with Crippen molar-refractivity contribution in [2.75, 3.05) is 57.9 Å². The van der Waals surface area contributed by atoms with E-state index < -0.39 is 0 Å². The summed E-state index contributed by atoms with van der Waals surface area (Å²) in [5.74, 6) is -0.261. The van der Waals surface area contributed by atoms with E-state index in [0.29, 0.717) is 42.7 Å². The minimum atomic E-state index is -0.312. The minimum Gasteiger partial charge on any atom is -0.494 e. The molecule has 1 aromatic carbocycles. The van der Waals surface area contributed by atoms with Gasteiger partial charge in [0.2, 0.25) is 17.7 Å². The fraction of sp³-hybridized carbons (Fsp3) is 0.524. The first-order valence-corrected chi connectivity index (χ1v) is 11.2. The number of morpholine rings is 1. The Hall–Kier alpha value is -2.56. The van der Waals surface area contributed by atoms with Gasteiger partial charge in [-0.2, -0.15) is 0 Å². The molecule has 0 aliphatic carbocycles. The zero-order valence-electron chi connectivity index (χ0n) is 17.8. The number of nitrogens with zero attached hydrogens (tertiary/aromatic N) is 4. The Morgan fingerprint density at radius 2 is 1.94 bits per heavy atom. The van der Waals surface area contributed by atoms with Crippen LogP contribution in [0.4, 0.5) is 5.13 Å². The summed E-state index contributed by atoms with van der Waals surface area (Å²) in [6, 6.07) is 3.83. The molecule has 2 aromatic rings. The lowest BCUT2D eigenvalue weighted by atomic mass is 10.2. The number of thiazole rings is 1. The van der Waals surface area contributed by atoms with E-state index in [2.05, 4.69) is 4.90 Å². The highest BCUT2D eigenvalue weighted by molar-refractivity contribution is 7.22. The number of aryl methyl sites for hydroxylation is 1. The number of aromatic nitrogens is 1. The zero-order chi connectivity index (χ0) is 22.0. The molecule has 0 atom stereocenters. The summed E-state index contributed by atoms with van der Waals surface area (Å²) in [5, 5.41) is 0.542. The molecule has 166 valence electrons. The molecule has 2 aliphatic heterocycles. The van der Waals surface area contributed by atoms with Crippen molar-refractivity contribution in [2.24, 2.45) is 0 Å². The molecule has 1 aromatic heterocycles. The Morgan fingerprint density at radius 3 is 2.61 bits per heavy atom. The van der Waals surface area contributed by atoms with Gasteiger partial charge in [-0.15, -0.1) is 0 Å². The van der Waals surface area contributed by atoms with E-state index in [1.165, 1.54) is 11.3 Å². The van der Waals surface area contributed by atoms with Crippen molar-refractivity contribution in [3.8, 4) is 5.75 Å². The predicted molar refractivity (Wildman–Crippen MR) is 116 cm³/mol. The number of carbonyl (C=O) groups is 3. The first kappa shape index (κ1) is 21.7. The second kappa shape index (κ2) is 9.29. The van der Waals surface area contributed by atoms with Crippen LogP contribution in [0.5, 0.6) is 5.75 Å². The molecule has 3 heterocycles. The first-order valence-electron chi connectivity index (χ1n) is 10.4. The number of benzene rings is 1. The van der Waals surface area contributed by atoms with Crippen LogP contribution in [0, 0.1) is 6.92 Å². The number of imide groups is 1. The fourth-order valence-corrected chi connectivity index (χ4v) is 4.89. The van der Waals surface area contributed by atoms with Crippen LogP contribution in [0.2, 0.25) is 0 Å². The molecule has 0 N–H and O–H groups in total. The average Bonchev–Trinajstić information content (AvgIpc) is 3.35. The van der Waals surface area contributed by atoms with Crippen LogP contribution in [0.25, 0.3) is 10.2 Å². The molecule has 2 saturated heterocycles. The number of ether oxygens (including phenoxy) is 2. The van der Waals surface area contributed by atoms with Gasteiger partial charge in [-0.25, -0.2) is 4.98 Å². The Morgan fingerprint density at radius 1 is 1.23 bits per heavy atom. The van der Waals surface area contributed by atoms with Crippen molar-refractivity contribution in [2.45, 2.75) is 19.8 Å². The lowest BCUT2D eigenvalue weighted by Gasteiger charge is -2.29. The van der Waals surface area contributed by atoms with Gasteiger partial charge in [0.15, 0.2) is 5.13 Å². The van der Waals surface area contributed by atoms with Crippen LogP contribution < -0.4 is 9.64 Å². The Balaban J connectivity index is 1.62. The van der Waals surface area contributed by atoms with Crippen LogP contribution in [0.3, 0.4) is 0 Å². The van der Waals surface area contributed by atoms with Crippen molar-refractivity contribution < 1.29 is 23.9 Å². The highest BCUT2D eigenvalue weighted by atomic mass is 32.1. The van der Waals surface area contributed by atoms with Gasteiger partial charge in [0.25, 0.3) is 0 Å². The van der Waals surface area contributed by atoms with Crippen LogP contribution in [-0.4, -0.2) is 85.6 Å². The number of hydrogen-bond donors (Lipinski definition) is 0. The van der Waals surface area contributed by atoms with Gasteiger partial charge < -0.3 is 9.47 Å². The van der Waals surface area contributed by atoms with Crippen molar-refractivity contribution in [1.29, 1.82) is 0 Å². The number of fused-ring (bicyclic) bond motifs is 1.